The summed E-state index contributed by atoms with van der Waals surface area (Å²) in [5, 5.41) is 3.79. The molecule has 1 saturated carbocycles. The van der Waals surface area contributed by atoms with Gasteiger partial charge in [0.25, 0.3) is 0 Å². The summed E-state index contributed by atoms with van der Waals surface area (Å²) in [5.41, 5.74) is 11.0. The molecule has 3 aliphatic carbocycles. The highest BCUT2D eigenvalue weighted by molar-refractivity contribution is 5.80. The first kappa shape index (κ1) is 22.9. The van der Waals surface area contributed by atoms with E-state index in [1.807, 2.05) is 6.21 Å². The van der Waals surface area contributed by atoms with Crippen molar-refractivity contribution in [2.24, 2.45) is 28.7 Å². The number of hydrogen-bond acceptors (Lipinski definition) is 2. The molecule has 1 aliphatic heterocycles. The lowest BCUT2D eigenvalue weighted by molar-refractivity contribution is 0.355. The monoisotopic (exact) mass is 450 g/mol. The van der Waals surface area contributed by atoms with Crippen LogP contribution in [0.15, 0.2) is 94.2 Å². The Labute approximate surface area is 205 Å². The second kappa shape index (κ2) is 9.78. The Morgan fingerprint density at radius 2 is 1.94 bits per heavy atom. The normalized spacial score (nSPS) is 28.3. The number of aryl methyl sites for hydroxylation is 1. The van der Waals surface area contributed by atoms with E-state index >= 15 is 0 Å². The third kappa shape index (κ3) is 4.82. The van der Waals surface area contributed by atoms with E-state index in [4.69, 9.17) is 0 Å². The van der Waals surface area contributed by atoms with Crippen LogP contribution in [0.1, 0.15) is 50.7 Å². The first-order chi connectivity index (χ1) is 16.5. The summed E-state index contributed by atoms with van der Waals surface area (Å²) in [6.07, 6.45) is 18.9. The van der Waals surface area contributed by atoms with Crippen LogP contribution in [0.25, 0.3) is 5.57 Å². The van der Waals surface area contributed by atoms with Crippen LogP contribution >= 0.6 is 0 Å². The number of benzene rings is 1. The van der Waals surface area contributed by atoms with Crippen LogP contribution < -0.4 is 5.32 Å². The molecule has 0 amide bonds. The van der Waals surface area contributed by atoms with Crippen LogP contribution in [0, 0.1) is 30.6 Å². The van der Waals surface area contributed by atoms with Crippen molar-refractivity contribution in [3.8, 4) is 0 Å². The fourth-order valence-electron chi connectivity index (χ4n) is 6.01. The highest BCUT2D eigenvalue weighted by Crippen LogP contribution is 2.43. The summed E-state index contributed by atoms with van der Waals surface area (Å²) in [6, 6.07) is 8.84. The summed E-state index contributed by atoms with van der Waals surface area (Å²) in [7, 11) is 0. The Morgan fingerprint density at radius 1 is 1.12 bits per heavy atom. The van der Waals surface area contributed by atoms with E-state index in [9.17, 15) is 0 Å². The molecule has 2 unspecified atom stereocenters. The van der Waals surface area contributed by atoms with Gasteiger partial charge in [-0.05, 0) is 96.8 Å². The molecule has 2 heteroatoms. The lowest BCUT2D eigenvalue weighted by Gasteiger charge is -2.33. The maximum Gasteiger partial charge on any atom is 0.0449 e. The van der Waals surface area contributed by atoms with Gasteiger partial charge in [0.15, 0.2) is 0 Å². The number of rotatable bonds is 6. The van der Waals surface area contributed by atoms with Crippen molar-refractivity contribution in [3.05, 3.63) is 100 Å². The van der Waals surface area contributed by atoms with Crippen molar-refractivity contribution in [2.45, 2.75) is 46.5 Å². The maximum atomic E-state index is 4.52. The van der Waals surface area contributed by atoms with E-state index in [-0.39, 0.29) is 0 Å². The van der Waals surface area contributed by atoms with Gasteiger partial charge in [-0.3, -0.25) is 4.99 Å². The van der Waals surface area contributed by atoms with Gasteiger partial charge < -0.3 is 5.32 Å². The Hall–Kier alpha value is -2.87. The molecule has 0 radical (unpaired) electrons. The molecule has 0 spiro atoms. The molecular weight excluding hydrogens is 412 g/mol. The molecular formula is C32H38N2. The van der Waals surface area contributed by atoms with Gasteiger partial charge in [0.1, 0.15) is 0 Å². The maximum absolute atomic E-state index is 4.52. The van der Waals surface area contributed by atoms with Crippen LogP contribution in [0.5, 0.6) is 0 Å². The van der Waals surface area contributed by atoms with E-state index in [0.29, 0.717) is 23.7 Å². The fourth-order valence-corrected chi connectivity index (χ4v) is 6.01. The van der Waals surface area contributed by atoms with Crippen molar-refractivity contribution in [3.63, 3.8) is 0 Å². The molecule has 0 saturated heterocycles. The number of nitrogens with zero attached hydrogens (tertiary/aromatic N) is 1. The predicted octanol–water partition coefficient (Wildman–Crippen LogP) is 7.38. The Bertz CT molecular complexity index is 1150. The highest BCUT2D eigenvalue weighted by Gasteiger charge is 2.30. The van der Waals surface area contributed by atoms with Crippen molar-refractivity contribution in [1.29, 1.82) is 0 Å². The van der Waals surface area contributed by atoms with E-state index in [0.717, 1.165) is 13.1 Å². The minimum absolute atomic E-state index is 0.375. The van der Waals surface area contributed by atoms with Gasteiger partial charge >= 0.3 is 0 Å². The molecule has 5 rings (SSSR count). The van der Waals surface area contributed by atoms with Crippen molar-refractivity contribution < 1.29 is 0 Å². The van der Waals surface area contributed by atoms with Crippen molar-refractivity contribution in [1.82, 2.24) is 5.32 Å². The highest BCUT2D eigenvalue weighted by atomic mass is 14.9. The number of hydrogen-bond donors (Lipinski definition) is 1. The molecule has 176 valence electrons. The van der Waals surface area contributed by atoms with Crippen molar-refractivity contribution in [2.75, 3.05) is 13.1 Å². The van der Waals surface area contributed by atoms with Gasteiger partial charge in [-0.25, -0.2) is 0 Å². The van der Waals surface area contributed by atoms with Crippen LogP contribution in [0.3, 0.4) is 0 Å². The molecule has 2 atom stereocenters. The van der Waals surface area contributed by atoms with Crippen molar-refractivity contribution >= 4 is 11.8 Å². The first-order valence-electron chi connectivity index (χ1n) is 13.0. The molecule has 1 N–H and O–H groups in total. The zero-order chi connectivity index (χ0) is 23.7. The minimum Gasteiger partial charge on any atom is -0.383 e. The quantitative estimate of drug-likeness (QED) is 0.480. The summed E-state index contributed by atoms with van der Waals surface area (Å²) in [5.74, 6) is 2.15. The Morgan fingerprint density at radius 3 is 2.71 bits per heavy atom. The van der Waals surface area contributed by atoms with Crippen LogP contribution in [-0.2, 0) is 0 Å². The molecule has 1 aromatic rings. The number of allylic oxidation sites excluding steroid dienone is 7. The lowest BCUT2D eigenvalue weighted by Crippen LogP contribution is -2.27. The standard InChI is InChI=1S/C32H38N2/c1-21-6-5-7-28(15-21)24(4)26-9-11-27(12-10-26)29-16-31-23(3)8-13-30(31)32(17-29)34-20-25-14-22(2)18-33-19-25/h5-8,13-17,19,22,26-27,30,34H,4,9-12,18,20H2,1-3H3. The van der Waals surface area contributed by atoms with Gasteiger partial charge in [-0.1, -0.05) is 67.6 Å². The minimum atomic E-state index is 0.375. The van der Waals surface area contributed by atoms with E-state index < -0.39 is 0 Å². The van der Waals surface area contributed by atoms with Crippen LogP contribution in [0.2, 0.25) is 0 Å². The number of nitrogens with one attached hydrogen (secondary N) is 1. The van der Waals surface area contributed by atoms with Gasteiger partial charge in [0, 0.05) is 30.9 Å². The number of dihydropyridines is 1. The van der Waals surface area contributed by atoms with E-state index in [1.54, 1.807) is 0 Å². The second-order valence-electron chi connectivity index (χ2n) is 10.7. The molecule has 4 aliphatic rings. The molecule has 2 nitrogen and oxygen atoms in total. The zero-order valence-electron chi connectivity index (χ0n) is 21.0. The van der Waals surface area contributed by atoms with Gasteiger partial charge in [-0.2, -0.15) is 0 Å². The molecule has 34 heavy (non-hydrogen) atoms. The topological polar surface area (TPSA) is 24.4 Å². The lowest BCUT2D eigenvalue weighted by atomic mass is 9.73. The molecule has 1 aromatic carbocycles. The van der Waals surface area contributed by atoms with Gasteiger partial charge in [0.05, 0.1) is 0 Å². The second-order valence-corrected chi connectivity index (χ2v) is 10.7. The molecule has 1 fully saturated rings. The summed E-state index contributed by atoms with van der Waals surface area (Å²) in [4.78, 5) is 4.52. The SMILES string of the molecule is C=C(c1cccc(C)c1)C1CCC(C2=CC3=C(C)C=CC3C(NCC3=CC(C)CN=C3)=C2)CC1. The zero-order valence-corrected chi connectivity index (χ0v) is 21.0. The molecule has 1 heterocycles. The van der Waals surface area contributed by atoms with E-state index in [1.165, 1.54) is 70.4 Å². The molecule has 0 bridgehead atoms. The van der Waals surface area contributed by atoms with E-state index in [2.05, 4.69) is 92.3 Å². The summed E-state index contributed by atoms with van der Waals surface area (Å²) < 4.78 is 0. The smallest absolute Gasteiger partial charge is 0.0449 e. The fraction of sp³-hybridized carbons (Fsp3) is 0.406. The predicted molar refractivity (Wildman–Crippen MR) is 146 cm³/mol. The number of aliphatic imine (C=N–C) groups is 1. The largest absolute Gasteiger partial charge is 0.383 e. The average molecular weight is 451 g/mol. The van der Waals surface area contributed by atoms with Crippen LogP contribution in [0.4, 0.5) is 0 Å². The molecule has 0 aromatic heterocycles. The average Bonchev–Trinajstić information content (AvgIpc) is 3.23. The Kier molecular flexibility index (Phi) is 6.59. The Balaban J connectivity index is 1.28. The third-order valence-corrected chi connectivity index (χ3v) is 8.03. The summed E-state index contributed by atoms with van der Waals surface area (Å²) >= 11 is 0. The van der Waals surface area contributed by atoms with Crippen LogP contribution in [-0.4, -0.2) is 19.3 Å². The third-order valence-electron chi connectivity index (χ3n) is 8.03. The summed E-state index contributed by atoms with van der Waals surface area (Å²) in [6.45, 7) is 12.9. The van der Waals surface area contributed by atoms with Gasteiger partial charge in [-0.15, -0.1) is 0 Å². The first-order valence-corrected chi connectivity index (χ1v) is 13.0. The van der Waals surface area contributed by atoms with Gasteiger partial charge in [0.2, 0.25) is 0 Å². The number of fused-ring (bicyclic) bond motifs is 1.